The highest BCUT2D eigenvalue weighted by Crippen LogP contribution is 2.27. The summed E-state index contributed by atoms with van der Waals surface area (Å²) in [5.74, 6) is -0.678. The summed E-state index contributed by atoms with van der Waals surface area (Å²) in [6.07, 6.45) is 1.20. The topological polar surface area (TPSA) is 27.1 Å². The molecule has 0 saturated carbocycles. The van der Waals surface area contributed by atoms with Gasteiger partial charge in [0.15, 0.2) is 11.6 Å². The molecule has 3 nitrogen and oxygen atoms in total. The quantitative estimate of drug-likeness (QED) is 0.761. The van der Waals surface area contributed by atoms with E-state index in [0.717, 1.165) is 6.07 Å². The molecule has 1 aromatic heterocycles. The summed E-state index contributed by atoms with van der Waals surface area (Å²) >= 11 is 5.77. The fourth-order valence-corrected chi connectivity index (χ4v) is 2.49. The number of methoxy groups -OCH3 is 1. The van der Waals surface area contributed by atoms with Crippen LogP contribution < -0.4 is 0 Å². The molecule has 6 heteroatoms. The van der Waals surface area contributed by atoms with E-state index in [9.17, 15) is 8.78 Å². The summed E-state index contributed by atoms with van der Waals surface area (Å²) in [4.78, 5) is 4.36. The van der Waals surface area contributed by atoms with Gasteiger partial charge in [-0.05, 0) is 25.5 Å². The van der Waals surface area contributed by atoms with Crippen LogP contribution in [0, 0.1) is 11.6 Å². The Bertz CT molecular complexity index is 600. The molecule has 0 amide bonds. The number of imidazole rings is 1. The lowest BCUT2D eigenvalue weighted by molar-refractivity contribution is 0.181. The Balaban J connectivity index is 2.57. The average molecular weight is 303 g/mol. The maximum Gasteiger partial charge on any atom is 0.184 e. The van der Waals surface area contributed by atoms with Gasteiger partial charge in [-0.15, -0.1) is 11.6 Å². The highest BCUT2D eigenvalue weighted by atomic mass is 35.5. The monoisotopic (exact) mass is 302 g/mol. The van der Waals surface area contributed by atoms with Crippen LogP contribution in [0.5, 0.6) is 0 Å². The highest BCUT2D eigenvalue weighted by Gasteiger charge is 2.20. The number of halogens is 3. The predicted molar refractivity (Wildman–Crippen MR) is 75.3 cm³/mol. The Kier molecular flexibility index (Phi) is 4.94. The van der Waals surface area contributed by atoms with Crippen LogP contribution in [-0.4, -0.2) is 29.1 Å². The molecule has 0 aliphatic heterocycles. The smallest absolute Gasteiger partial charge is 0.184 e. The second kappa shape index (κ2) is 6.50. The van der Waals surface area contributed by atoms with Gasteiger partial charge < -0.3 is 9.30 Å². The van der Waals surface area contributed by atoms with Gasteiger partial charge in [0, 0.05) is 32.1 Å². The molecule has 1 atom stereocenters. The van der Waals surface area contributed by atoms with E-state index in [1.54, 1.807) is 11.7 Å². The fraction of sp³-hybridized carbons (Fsp3) is 0.500. The number of alkyl halides is 1. The maximum absolute atomic E-state index is 14.1. The van der Waals surface area contributed by atoms with Crippen LogP contribution in [0.1, 0.15) is 25.2 Å². The molecule has 1 unspecified atom stereocenters. The number of fused-ring (bicyclic) bond motifs is 1. The third-order valence-electron chi connectivity index (χ3n) is 3.31. The van der Waals surface area contributed by atoms with Crippen molar-refractivity contribution in [3.05, 3.63) is 29.6 Å². The summed E-state index contributed by atoms with van der Waals surface area (Å²) in [6, 6.07) is 2.54. The third-order valence-corrected chi connectivity index (χ3v) is 3.50. The molecule has 0 radical (unpaired) electrons. The molecule has 0 spiro atoms. The predicted octanol–water partition coefficient (Wildman–Crippen LogP) is 3.69. The number of hydrogen-bond donors (Lipinski definition) is 0. The van der Waals surface area contributed by atoms with Crippen molar-refractivity contribution < 1.29 is 13.5 Å². The van der Waals surface area contributed by atoms with Gasteiger partial charge in [0.25, 0.3) is 0 Å². The van der Waals surface area contributed by atoms with Gasteiger partial charge in [0.1, 0.15) is 11.3 Å². The van der Waals surface area contributed by atoms with E-state index in [1.807, 2.05) is 6.92 Å². The zero-order valence-corrected chi connectivity index (χ0v) is 12.3. The molecule has 0 N–H and O–H groups in total. The van der Waals surface area contributed by atoms with Crippen molar-refractivity contribution in [1.82, 2.24) is 9.55 Å². The lowest BCUT2D eigenvalue weighted by Gasteiger charge is -2.17. The SMILES string of the molecule is COCCC(C)n1c(CCCl)nc2ccc(F)c(F)c21. The number of benzene rings is 1. The second-order valence-electron chi connectivity index (χ2n) is 4.70. The first-order valence-corrected chi connectivity index (χ1v) is 7.03. The number of rotatable bonds is 6. The number of hydrogen-bond acceptors (Lipinski definition) is 2. The van der Waals surface area contributed by atoms with Gasteiger partial charge in [0.05, 0.1) is 5.52 Å². The molecule has 2 rings (SSSR count). The van der Waals surface area contributed by atoms with Crippen LogP contribution in [-0.2, 0) is 11.2 Å². The minimum absolute atomic E-state index is 0.0468. The minimum Gasteiger partial charge on any atom is -0.385 e. The number of nitrogens with zero attached hydrogens (tertiary/aromatic N) is 2. The number of aryl methyl sites for hydroxylation is 1. The minimum atomic E-state index is -0.866. The van der Waals surface area contributed by atoms with E-state index in [0.29, 0.717) is 36.7 Å². The van der Waals surface area contributed by atoms with Gasteiger partial charge in [-0.25, -0.2) is 13.8 Å². The molecule has 20 heavy (non-hydrogen) atoms. The summed E-state index contributed by atoms with van der Waals surface area (Å²) < 4.78 is 34.3. The Morgan fingerprint density at radius 3 is 2.80 bits per heavy atom. The molecular formula is C14H17ClF2N2O. The molecule has 1 heterocycles. The lowest BCUT2D eigenvalue weighted by Crippen LogP contribution is -2.13. The number of aromatic nitrogens is 2. The zero-order valence-electron chi connectivity index (χ0n) is 11.5. The molecule has 0 aliphatic rings. The second-order valence-corrected chi connectivity index (χ2v) is 5.07. The molecule has 110 valence electrons. The summed E-state index contributed by atoms with van der Waals surface area (Å²) in [5, 5.41) is 0. The summed E-state index contributed by atoms with van der Waals surface area (Å²) in [6.45, 7) is 2.47. The first kappa shape index (κ1) is 15.2. The molecule has 1 aromatic carbocycles. The van der Waals surface area contributed by atoms with Crippen molar-refractivity contribution in [2.24, 2.45) is 0 Å². The molecule has 0 saturated heterocycles. The van der Waals surface area contributed by atoms with E-state index >= 15 is 0 Å². The third kappa shape index (κ3) is 2.79. The van der Waals surface area contributed by atoms with Crippen molar-refractivity contribution in [3.63, 3.8) is 0 Å². The molecule has 2 aromatic rings. The van der Waals surface area contributed by atoms with Crippen LogP contribution in [0.15, 0.2) is 12.1 Å². The Morgan fingerprint density at radius 2 is 2.15 bits per heavy atom. The average Bonchev–Trinajstić information content (AvgIpc) is 2.80. The highest BCUT2D eigenvalue weighted by molar-refractivity contribution is 6.17. The van der Waals surface area contributed by atoms with Crippen LogP contribution in [0.3, 0.4) is 0 Å². The van der Waals surface area contributed by atoms with E-state index in [-0.39, 0.29) is 11.6 Å². The van der Waals surface area contributed by atoms with Crippen LogP contribution in [0.4, 0.5) is 8.78 Å². The number of ether oxygens (including phenoxy) is 1. The van der Waals surface area contributed by atoms with Crippen LogP contribution in [0.25, 0.3) is 11.0 Å². The Morgan fingerprint density at radius 1 is 1.40 bits per heavy atom. The largest absolute Gasteiger partial charge is 0.385 e. The first-order chi connectivity index (χ1) is 9.60. The van der Waals surface area contributed by atoms with E-state index in [2.05, 4.69) is 4.98 Å². The molecular weight excluding hydrogens is 286 g/mol. The van der Waals surface area contributed by atoms with Gasteiger partial charge in [-0.1, -0.05) is 0 Å². The Hall–Kier alpha value is -1.20. The summed E-state index contributed by atoms with van der Waals surface area (Å²) in [7, 11) is 1.61. The van der Waals surface area contributed by atoms with Crippen molar-refractivity contribution in [3.8, 4) is 0 Å². The fourth-order valence-electron chi connectivity index (χ4n) is 2.32. The zero-order chi connectivity index (χ0) is 14.7. The van der Waals surface area contributed by atoms with Crippen molar-refractivity contribution in [2.45, 2.75) is 25.8 Å². The van der Waals surface area contributed by atoms with Gasteiger partial charge in [-0.2, -0.15) is 0 Å². The standard InChI is InChI=1S/C14H17ClF2N2O/c1-9(6-8-20-2)19-12(5-7-15)18-11-4-3-10(16)13(17)14(11)19/h3-4,9H,5-8H2,1-2H3. The van der Waals surface area contributed by atoms with Crippen molar-refractivity contribution >= 4 is 22.6 Å². The summed E-state index contributed by atoms with van der Waals surface area (Å²) in [5.41, 5.74) is 0.655. The van der Waals surface area contributed by atoms with Gasteiger partial charge in [-0.3, -0.25) is 0 Å². The van der Waals surface area contributed by atoms with Crippen molar-refractivity contribution in [1.29, 1.82) is 0 Å². The van der Waals surface area contributed by atoms with E-state index in [4.69, 9.17) is 16.3 Å². The first-order valence-electron chi connectivity index (χ1n) is 6.49. The normalized spacial score (nSPS) is 13.1. The lowest BCUT2D eigenvalue weighted by atomic mass is 10.2. The maximum atomic E-state index is 14.1. The molecule has 0 aliphatic carbocycles. The van der Waals surface area contributed by atoms with E-state index in [1.165, 1.54) is 6.07 Å². The molecule has 0 bridgehead atoms. The van der Waals surface area contributed by atoms with Crippen LogP contribution >= 0.6 is 11.6 Å². The van der Waals surface area contributed by atoms with E-state index < -0.39 is 11.6 Å². The van der Waals surface area contributed by atoms with Gasteiger partial charge in [0.2, 0.25) is 0 Å². The van der Waals surface area contributed by atoms with Gasteiger partial charge >= 0.3 is 0 Å². The molecule has 0 fully saturated rings. The van der Waals surface area contributed by atoms with Crippen molar-refractivity contribution in [2.75, 3.05) is 19.6 Å². The Labute approximate surface area is 121 Å². The van der Waals surface area contributed by atoms with Crippen LogP contribution in [0.2, 0.25) is 0 Å².